The second-order valence-electron chi connectivity index (χ2n) is 10.8. The van der Waals surface area contributed by atoms with E-state index in [-0.39, 0.29) is 5.91 Å². The first-order valence-corrected chi connectivity index (χ1v) is 12.6. The zero-order valence-corrected chi connectivity index (χ0v) is 21.3. The van der Waals surface area contributed by atoms with Gasteiger partial charge >= 0.3 is 6.09 Å². The van der Waals surface area contributed by atoms with Gasteiger partial charge in [0, 0.05) is 44.0 Å². The number of carbonyl (C=O) groups excluding carboxylic acids is 2. The number of para-hydroxylation sites is 2. The van der Waals surface area contributed by atoms with Crippen LogP contribution in [0.4, 0.5) is 21.9 Å². The van der Waals surface area contributed by atoms with Gasteiger partial charge in [0.2, 0.25) is 0 Å². The van der Waals surface area contributed by atoms with Crippen molar-refractivity contribution in [2.45, 2.75) is 58.1 Å². The summed E-state index contributed by atoms with van der Waals surface area (Å²) in [6.45, 7) is 9.03. The van der Waals surface area contributed by atoms with Crippen molar-refractivity contribution in [2.75, 3.05) is 42.2 Å². The number of nitrogens with one attached hydrogen (secondary N) is 2. The Labute approximate surface area is 208 Å². The highest BCUT2D eigenvalue weighted by Gasteiger charge is 2.28. The number of amides is 2. The first kappa shape index (κ1) is 25.0. The lowest BCUT2D eigenvalue weighted by atomic mass is 10.0. The molecular formula is C28H38N4O3. The maximum Gasteiger partial charge on any atom is 0.412 e. The molecule has 2 aromatic carbocycles. The Hall–Kier alpha value is -3.06. The van der Waals surface area contributed by atoms with Crippen LogP contribution in [-0.2, 0) is 4.74 Å². The normalized spacial score (nSPS) is 17.0. The summed E-state index contributed by atoms with van der Waals surface area (Å²) in [6.07, 6.45) is 4.60. The van der Waals surface area contributed by atoms with E-state index in [1.165, 1.54) is 45.3 Å². The average Bonchev–Trinajstić information content (AvgIpc) is 3.63. The van der Waals surface area contributed by atoms with Crippen molar-refractivity contribution in [3.05, 3.63) is 54.1 Å². The Bertz CT molecular complexity index is 1020. The molecule has 7 heteroatoms. The van der Waals surface area contributed by atoms with Crippen molar-refractivity contribution in [3.8, 4) is 0 Å². The number of benzene rings is 2. The summed E-state index contributed by atoms with van der Waals surface area (Å²) in [5.41, 5.74) is 2.08. The summed E-state index contributed by atoms with van der Waals surface area (Å²) >= 11 is 0. The molecule has 2 aliphatic rings. The van der Waals surface area contributed by atoms with E-state index in [2.05, 4.69) is 27.5 Å². The molecule has 1 aliphatic carbocycles. The SMILES string of the molecule is CN(c1ccc(C(=O)Nc2ccccc2NC(=O)OC(C)(C)C)cc1)C1CCN(CC2CC2)CC1. The third-order valence-electron chi connectivity index (χ3n) is 6.67. The fraction of sp³-hybridized carbons (Fsp3) is 0.500. The van der Waals surface area contributed by atoms with Gasteiger partial charge in [-0.15, -0.1) is 0 Å². The summed E-state index contributed by atoms with van der Waals surface area (Å²) < 4.78 is 5.33. The summed E-state index contributed by atoms with van der Waals surface area (Å²) in [4.78, 5) is 30.1. The molecule has 1 saturated carbocycles. The molecule has 2 N–H and O–H groups in total. The molecule has 0 radical (unpaired) electrons. The minimum absolute atomic E-state index is 0.231. The highest BCUT2D eigenvalue weighted by molar-refractivity contribution is 6.07. The molecule has 0 unspecified atom stereocenters. The molecule has 1 saturated heterocycles. The van der Waals surface area contributed by atoms with Crippen molar-refractivity contribution >= 4 is 29.1 Å². The Morgan fingerprint density at radius 3 is 2.11 bits per heavy atom. The van der Waals surface area contributed by atoms with Crippen molar-refractivity contribution in [1.82, 2.24) is 4.90 Å². The van der Waals surface area contributed by atoms with Crippen molar-refractivity contribution in [2.24, 2.45) is 5.92 Å². The second-order valence-corrected chi connectivity index (χ2v) is 10.8. The highest BCUT2D eigenvalue weighted by atomic mass is 16.6. The first-order valence-electron chi connectivity index (χ1n) is 12.6. The van der Waals surface area contributed by atoms with Gasteiger partial charge in [-0.05, 0) is 88.8 Å². The van der Waals surface area contributed by atoms with Crippen LogP contribution in [0, 0.1) is 5.92 Å². The van der Waals surface area contributed by atoms with Gasteiger partial charge in [-0.3, -0.25) is 10.1 Å². The fourth-order valence-electron chi connectivity index (χ4n) is 4.52. The van der Waals surface area contributed by atoms with E-state index in [1.807, 2.05) is 30.3 Å². The average molecular weight is 479 g/mol. The van der Waals surface area contributed by atoms with Crippen LogP contribution < -0.4 is 15.5 Å². The number of hydrogen-bond acceptors (Lipinski definition) is 5. The van der Waals surface area contributed by atoms with Gasteiger partial charge < -0.3 is 19.9 Å². The van der Waals surface area contributed by atoms with Crippen molar-refractivity contribution < 1.29 is 14.3 Å². The number of ether oxygens (including phenoxy) is 1. The van der Waals surface area contributed by atoms with E-state index in [0.29, 0.717) is 23.0 Å². The third-order valence-corrected chi connectivity index (χ3v) is 6.67. The summed E-state index contributed by atoms with van der Waals surface area (Å²) in [5.74, 6) is 0.717. The minimum Gasteiger partial charge on any atom is -0.444 e. The van der Waals surface area contributed by atoms with Crippen LogP contribution in [-0.4, -0.2) is 55.2 Å². The Morgan fingerprint density at radius 2 is 1.54 bits per heavy atom. The Kier molecular flexibility index (Phi) is 7.65. The van der Waals surface area contributed by atoms with Crippen LogP contribution in [0.2, 0.25) is 0 Å². The summed E-state index contributed by atoms with van der Waals surface area (Å²) in [6, 6.07) is 15.3. The van der Waals surface area contributed by atoms with Gasteiger partial charge in [-0.1, -0.05) is 12.1 Å². The number of carbonyl (C=O) groups is 2. The molecule has 35 heavy (non-hydrogen) atoms. The highest BCUT2D eigenvalue weighted by Crippen LogP contribution is 2.31. The number of rotatable bonds is 7. The molecular weight excluding hydrogens is 440 g/mol. The second kappa shape index (κ2) is 10.7. The lowest BCUT2D eigenvalue weighted by Crippen LogP contribution is -2.44. The lowest BCUT2D eigenvalue weighted by Gasteiger charge is -2.38. The largest absolute Gasteiger partial charge is 0.444 e. The number of hydrogen-bond donors (Lipinski definition) is 2. The lowest BCUT2D eigenvalue weighted by molar-refractivity contribution is 0.0635. The van der Waals surface area contributed by atoms with Crippen molar-refractivity contribution in [1.29, 1.82) is 0 Å². The number of anilines is 3. The number of likely N-dealkylation sites (tertiary alicyclic amines) is 1. The molecule has 1 heterocycles. The quantitative estimate of drug-likeness (QED) is 0.542. The van der Waals surface area contributed by atoms with E-state index >= 15 is 0 Å². The standard InChI is InChI=1S/C28H38N4O3/c1-28(2,3)35-27(34)30-25-8-6-5-7-24(25)29-26(33)21-11-13-22(14-12-21)31(4)23-15-17-32(18-16-23)19-20-9-10-20/h5-8,11-14,20,23H,9-10,15-19H2,1-4H3,(H,29,33)(H,30,34). The van der Waals surface area contributed by atoms with Crippen molar-refractivity contribution in [3.63, 3.8) is 0 Å². The zero-order valence-electron chi connectivity index (χ0n) is 21.3. The predicted molar refractivity (Wildman–Crippen MR) is 141 cm³/mol. The molecule has 0 spiro atoms. The van der Waals surface area contributed by atoms with Crippen LogP contribution in [0.3, 0.4) is 0 Å². The molecule has 0 bridgehead atoms. The van der Waals surface area contributed by atoms with E-state index in [4.69, 9.17) is 4.74 Å². The van der Waals surface area contributed by atoms with Gasteiger partial charge in [0.15, 0.2) is 0 Å². The summed E-state index contributed by atoms with van der Waals surface area (Å²) in [5, 5.41) is 5.62. The van der Waals surface area contributed by atoms with Crippen LogP contribution >= 0.6 is 0 Å². The van der Waals surface area contributed by atoms with Gasteiger partial charge in [0.05, 0.1) is 11.4 Å². The maximum absolute atomic E-state index is 12.9. The van der Waals surface area contributed by atoms with Crippen LogP contribution in [0.15, 0.2) is 48.5 Å². The molecule has 1 aliphatic heterocycles. The topological polar surface area (TPSA) is 73.9 Å². The first-order chi connectivity index (χ1) is 16.7. The van der Waals surface area contributed by atoms with Crippen LogP contribution in [0.5, 0.6) is 0 Å². The van der Waals surface area contributed by atoms with E-state index in [1.54, 1.807) is 39.0 Å². The smallest absolute Gasteiger partial charge is 0.412 e. The molecule has 2 amide bonds. The third kappa shape index (κ3) is 7.21. The van der Waals surface area contributed by atoms with Gasteiger partial charge in [-0.2, -0.15) is 0 Å². The summed E-state index contributed by atoms with van der Waals surface area (Å²) in [7, 11) is 2.15. The molecule has 0 aromatic heterocycles. The maximum atomic E-state index is 12.9. The molecule has 7 nitrogen and oxygen atoms in total. The monoisotopic (exact) mass is 478 g/mol. The van der Waals surface area contributed by atoms with Crippen LogP contribution in [0.25, 0.3) is 0 Å². The van der Waals surface area contributed by atoms with E-state index < -0.39 is 11.7 Å². The molecule has 2 fully saturated rings. The Balaban J connectivity index is 1.33. The van der Waals surface area contributed by atoms with Gasteiger partial charge in [0.1, 0.15) is 5.60 Å². The number of nitrogens with zero attached hydrogens (tertiary/aromatic N) is 2. The van der Waals surface area contributed by atoms with Gasteiger partial charge in [0.25, 0.3) is 5.91 Å². The zero-order chi connectivity index (χ0) is 25.0. The van der Waals surface area contributed by atoms with E-state index in [9.17, 15) is 9.59 Å². The van der Waals surface area contributed by atoms with Crippen LogP contribution in [0.1, 0.15) is 56.8 Å². The number of piperidine rings is 1. The van der Waals surface area contributed by atoms with Gasteiger partial charge in [-0.25, -0.2) is 4.79 Å². The fourth-order valence-corrected chi connectivity index (χ4v) is 4.52. The molecule has 2 aromatic rings. The molecule has 4 rings (SSSR count). The minimum atomic E-state index is -0.606. The predicted octanol–water partition coefficient (Wildman–Crippen LogP) is 5.60. The van der Waals surface area contributed by atoms with E-state index in [0.717, 1.165) is 11.6 Å². The Morgan fingerprint density at radius 1 is 0.943 bits per heavy atom. The molecule has 188 valence electrons. The molecule has 0 atom stereocenters.